The number of nitrogens with zero attached hydrogens (tertiary/aromatic N) is 3. The van der Waals surface area contributed by atoms with Gasteiger partial charge in [0.25, 0.3) is 11.8 Å². The molecule has 3 rings (SSSR count). The zero-order valence-electron chi connectivity index (χ0n) is 13.8. The molecule has 2 aromatic rings. The summed E-state index contributed by atoms with van der Waals surface area (Å²) >= 11 is 5.81. The first-order valence-electron chi connectivity index (χ1n) is 7.91. The summed E-state index contributed by atoms with van der Waals surface area (Å²) < 4.78 is 10.5. The molecule has 0 spiro atoms. The molecule has 7 nitrogen and oxygen atoms in total. The Labute approximate surface area is 150 Å². The lowest BCUT2D eigenvalue weighted by atomic mass is 10.2. The van der Waals surface area contributed by atoms with Crippen molar-refractivity contribution in [2.24, 2.45) is 0 Å². The summed E-state index contributed by atoms with van der Waals surface area (Å²) in [6.45, 7) is 3.54. The van der Waals surface area contributed by atoms with Gasteiger partial charge in [0.15, 0.2) is 6.61 Å². The Kier molecular flexibility index (Phi) is 5.23. The minimum atomic E-state index is -0.204. The van der Waals surface area contributed by atoms with Crippen LogP contribution in [0.5, 0.6) is 5.75 Å². The molecular weight excluding hydrogens is 346 g/mol. The van der Waals surface area contributed by atoms with Crippen molar-refractivity contribution >= 4 is 23.4 Å². The zero-order valence-corrected chi connectivity index (χ0v) is 14.5. The van der Waals surface area contributed by atoms with Crippen LogP contribution in [-0.2, 0) is 4.79 Å². The van der Waals surface area contributed by atoms with Crippen LogP contribution in [0, 0.1) is 6.92 Å². The fourth-order valence-corrected chi connectivity index (χ4v) is 2.67. The monoisotopic (exact) mass is 363 g/mol. The lowest BCUT2D eigenvalue weighted by molar-refractivity contribution is -0.134. The Bertz CT molecular complexity index is 752. The average Bonchev–Trinajstić information content (AvgIpc) is 3.07. The van der Waals surface area contributed by atoms with Crippen molar-refractivity contribution in [2.75, 3.05) is 32.8 Å². The van der Waals surface area contributed by atoms with E-state index in [1.807, 2.05) is 0 Å². The van der Waals surface area contributed by atoms with Gasteiger partial charge >= 0.3 is 0 Å². The van der Waals surface area contributed by atoms with Crippen molar-refractivity contribution in [3.05, 3.63) is 46.8 Å². The van der Waals surface area contributed by atoms with Crippen molar-refractivity contribution in [3.8, 4) is 5.75 Å². The molecule has 132 valence electrons. The number of hydrogen-bond acceptors (Lipinski definition) is 5. The lowest BCUT2D eigenvalue weighted by Crippen LogP contribution is -2.51. The third-order valence-corrected chi connectivity index (χ3v) is 4.19. The summed E-state index contributed by atoms with van der Waals surface area (Å²) in [7, 11) is 0. The molecule has 1 fully saturated rings. The number of halogens is 1. The van der Waals surface area contributed by atoms with E-state index in [1.54, 1.807) is 47.1 Å². The van der Waals surface area contributed by atoms with Gasteiger partial charge in [-0.3, -0.25) is 9.59 Å². The summed E-state index contributed by atoms with van der Waals surface area (Å²) in [5, 5.41) is 4.33. The van der Waals surface area contributed by atoms with Gasteiger partial charge in [0, 0.05) is 37.3 Å². The van der Waals surface area contributed by atoms with Crippen molar-refractivity contribution < 1.29 is 18.8 Å². The van der Waals surface area contributed by atoms with E-state index in [0.29, 0.717) is 42.6 Å². The van der Waals surface area contributed by atoms with E-state index < -0.39 is 0 Å². The van der Waals surface area contributed by atoms with Crippen molar-refractivity contribution in [3.63, 3.8) is 0 Å². The molecule has 0 N–H and O–H groups in total. The van der Waals surface area contributed by atoms with E-state index in [-0.39, 0.29) is 24.2 Å². The average molecular weight is 364 g/mol. The van der Waals surface area contributed by atoms with Crippen molar-refractivity contribution in [1.29, 1.82) is 0 Å². The predicted molar refractivity (Wildman–Crippen MR) is 90.7 cm³/mol. The normalized spacial score (nSPS) is 14.5. The van der Waals surface area contributed by atoms with Crippen LogP contribution >= 0.6 is 11.6 Å². The van der Waals surface area contributed by atoms with Gasteiger partial charge in [-0.15, -0.1) is 0 Å². The number of ether oxygens (including phenoxy) is 1. The standard InChI is InChI=1S/C17H18ClN3O4/c1-12-10-15(25-19-12)17(23)21-8-6-20(7-9-21)16(22)11-24-14-4-2-13(18)3-5-14/h2-5,10H,6-9,11H2,1H3. The first-order chi connectivity index (χ1) is 12.0. The topological polar surface area (TPSA) is 75.9 Å². The summed E-state index contributed by atoms with van der Waals surface area (Å²) in [4.78, 5) is 27.9. The minimum absolute atomic E-state index is 0.0448. The van der Waals surface area contributed by atoms with Gasteiger partial charge in [-0.1, -0.05) is 16.8 Å². The molecule has 1 aliphatic rings. The van der Waals surface area contributed by atoms with Gasteiger partial charge in [-0.05, 0) is 31.2 Å². The molecule has 8 heteroatoms. The zero-order chi connectivity index (χ0) is 17.8. The molecule has 1 aromatic heterocycles. The number of aromatic nitrogens is 1. The number of carbonyl (C=O) groups is 2. The highest BCUT2D eigenvalue weighted by atomic mass is 35.5. The van der Waals surface area contributed by atoms with Crippen LogP contribution in [0.25, 0.3) is 0 Å². The van der Waals surface area contributed by atoms with E-state index in [0.717, 1.165) is 0 Å². The van der Waals surface area contributed by atoms with Crippen LogP contribution in [-0.4, -0.2) is 59.6 Å². The molecule has 0 aliphatic carbocycles. The molecule has 25 heavy (non-hydrogen) atoms. The quantitative estimate of drug-likeness (QED) is 0.830. The Morgan fingerprint density at radius 2 is 1.80 bits per heavy atom. The molecule has 1 saturated heterocycles. The highest BCUT2D eigenvalue weighted by molar-refractivity contribution is 6.30. The molecule has 1 aliphatic heterocycles. The maximum Gasteiger partial charge on any atom is 0.292 e. The van der Waals surface area contributed by atoms with Gasteiger partial charge in [0.2, 0.25) is 5.76 Å². The number of amides is 2. The molecule has 0 saturated carbocycles. The third kappa shape index (κ3) is 4.30. The molecule has 1 aromatic carbocycles. The van der Waals surface area contributed by atoms with E-state index in [1.165, 1.54) is 0 Å². The highest BCUT2D eigenvalue weighted by Gasteiger charge is 2.26. The Morgan fingerprint density at radius 1 is 1.16 bits per heavy atom. The first kappa shape index (κ1) is 17.3. The molecular formula is C17H18ClN3O4. The molecule has 2 amide bonds. The summed E-state index contributed by atoms with van der Waals surface area (Å²) in [5.74, 6) is 0.498. The van der Waals surface area contributed by atoms with E-state index in [9.17, 15) is 9.59 Å². The maximum absolute atomic E-state index is 12.3. The smallest absolute Gasteiger partial charge is 0.292 e. The van der Waals surface area contributed by atoms with Gasteiger partial charge in [0.1, 0.15) is 5.75 Å². The molecule has 0 radical (unpaired) electrons. The molecule has 0 unspecified atom stereocenters. The number of benzene rings is 1. The van der Waals surface area contributed by atoms with Crippen LogP contribution in [0.15, 0.2) is 34.9 Å². The first-order valence-corrected chi connectivity index (χ1v) is 8.29. The van der Waals surface area contributed by atoms with Gasteiger partial charge < -0.3 is 19.1 Å². The van der Waals surface area contributed by atoms with Gasteiger partial charge in [-0.25, -0.2) is 0 Å². The maximum atomic E-state index is 12.3. The Hall–Kier alpha value is -2.54. The van der Waals surface area contributed by atoms with Crippen molar-refractivity contribution in [2.45, 2.75) is 6.92 Å². The van der Waals surface area contributed by atoms with Gasteiger partial charge in [-0.2, -0.15) is 0 Å². The minimum Gasteiger partial charge on any atom is -0.484 e. The number of hydrogen-bond donors (Lipinski definition) is 0. The second kappa shape index (κ2) is 7.57. The number of rotatable bonds is 4. The van der Waals surface area contributed by atoms with Crippen LogP contribution < -0.4 is 4.74 Å². The Morgan fingerprint density at radius 3 is 2.40 bits per heavy atom. The van der Waals surface area contributed by atoms with Crippen LogP contribution in [0.1, 0.15) is 16.2 Å². The third-order valence-electron chi connectivity index (χ3n) is 3.93. The van der Waals surface area contributed by atoms with Crippen LogP contribution in [0.2, 0.25) is 5.02 Å². The Balaban J connectivity index is 1.47. The number of aryl methyl sites for hydroxylation is 1. The molecule has 2 heterocycles. The van der Waals surface area contributed by atoms with Crippen molar-refractivity contribution in [1.82, 2.24) is 15.0 Å². The largest absolute Gasteiger partial charge is 0.484 e. The second-order valence-electron chi connectivity index (χ2n) is 5.75. The fourth-order valence-electron chi connectivity index (χ4n) is 2.55. The second-order valence-corrected chi connectivity index (χ2v) is 6.18. The predicted octanol–water partition coefficient (Wildman–Crippen LogP) is 2.00. The fraction of sp³-hybridized carbons (Fsp3) is 0.353. The SMILES string of the molecule is Cc1cc(C(=O)N2CCN(C(=O)COc3ccc(Cl)cc3)CC2)on1. The summed E-state index contributed by atoms with van der Waals surface area (Å²) in [6.07, 6.45) is 0. The molecule has 0 bridgehead atoms. The van der Waals surface area contributed by atoms with Crippen LogP contribution in [0.3, 0.4) is 0 Å². The van der Waals surface area contributed by atoms with Crippen LogP contribution in [0.4, 0.5) is 0 Å². The lowest BCUT2D eigenvalue weighted by Gasteiger charge is -2.34. The number of piperazine rings is 1. The van der Waals surface area contributed by atoms with E-state index >= 15 is 0 Å². The van der Waals surface area contributed by atoms with E-state index in [2.05, 4.69) is 5.16 Å². The summed E-state index contributed by atoms with van der Waals surface area (Å²) in [5.41, 5.74) is 0.663. The number of carbonyl (C=O) groups excluding carboxylic acids is 2. The summed E-state index contributed by atoms with van der Waals surface area (Å²) in [6, 6.07) is 8.45. The molecule has 0 atom stereocenters. The van der Waals surface area contributed by atoms with Gasteiger partial charge in [0.05, 0.1) is 5.69 Å². The van der Waals surface area contributed by atoms with E-state index in [4.69, 9.17) is 20.9 Å². The highest BCUT2D eigenvalue weighted by Crippen LogP contribution is 2.16.